The monoisotopic (exact) mass is 532 g/mol. The van der Waals surface area contributed by atoms with Gasteiger partial charge < -0.3 is 24.8 Å². The second-order valence-electron chi connectivity index (χ2n) is 8.46. The molecule has 1 aromatic carbocycles. The number of hydrogen-bond acceptors (Lipinski definition) is 5. The van der Waals surface area contributed by atoms with E-state index in [9.17, 15) is 4.79 Å². The number of aromatic nitrogens is 3. The summed E-state index contributed by atoms with van der Waals surface area (Å²) in [6.45, 7) is 0.403. The molecule has 1 saturated heterocycles. The number of rotatable bonds is 8. The van der Waals surface area contributed by atoms with Gasteiger partial charge in [0.25, 0.3) is 0 Å². The molecule has 0 unspecified atom stereocenters. The molecule has 0 bridgehead atoms. The summed E-state index contributed by atoms with van der Waals surface area (Å²) in [6.07, 6.45) is 5.56. The fourth-order valence-corrected chi connectivity index (χ4v) is 4.95. The first-order chi connectivity index (χ1) is 18.0. The number of pyridine rings is 2. The first kappa shape index (κ1) is 24.7. The minimum absolute atomic E-state index is 0.137. The van der Waals surface area contributed by atoms with Crippen LogP contribution in [0.5, 0.6) is 5.75 Å². The maximum Gasteiger partial charge on any atom is 0.226 e. The van der Waals surface area contributed by atoms with E-state index in [0.717, 1.165) is 17.2 Å². The van der Waals surface area contributed by atoms with Crippen LogP contribution < -0.4 is 15.4 Å². The van der Waals surface area contributed by atoms with E-state index in [-0.39, 0.29) is 24.4 Å². The molecule has 1 amide bonds. The van der Waals surface area contributed by atoms with Crippen molar-refractivity contribution in [3.05, 3.63) is 102 Å². The number of nitrogens with one attached hydrogen (secondary N) is 2. The summed E-state index contributed by atoms with van der Waals surface area (Å²) in [4.78, 5) is 24.0. The fraction of sp³-hybridized carbons (Fsp3) is 0.185. The number of thiocarbonyl (C=S) groups is 1. The standard InChI is InChI=1S/C27H25ClN6O2S/c1-36-22-10-3-2-7-19(22)31-24(35)13-16-34-26(25(32-27(34)37)20-8-4-5-14-29-20)21-9-6-15-33(21)23-12-11-18(28)17-30-23/h2-12,14-15,17,25-26H,13,16H2,1H3,(H,31,35)(H,32,37)/t25-,26-/m0/s1. The Morgan fingerprint density at radius 3 is 2.70 bits per heavy atom. The van der Waals surface area contributed by atoms with Crippen molar-refractivity contribution >= 4 is 40.5 Å². The fourth-order valence-electron chi connectivity index (χ4n) is 4.50. The zero-order chi connectivity index (χ0) is 25.8. The zero-order valence-corrected chi connectivity index (χ0v) is 21.6. The van der Waals surface area contributed by atoms with Crippen LogP contribution in [0.25, 0.3) is 5.82 Å². The van der Waals surface area contributed by atoms with Crippen LogP contribution in [0.15, 0.2) is 85.3 Å². The van der Waals surface area contributed by atoms with Crippen molar-refractivity contribution in [1.82, 2.24) is 24.8 Å². The van der Waals surface area contributed by atoms with E-state index in [4.69, 9.17) is 28.6 Å². The van der Waals surface area contributed by atoms with Gasteiger partial charge in [-0.15, -0.1) is 0 Å². The van der Waals surface area contributed by atoms with E-state index >= 15 is 0 Å². The van der Waals surface area contributed by atoms with E-state index in [1.54, 1.807) is 25.6 Å². The van der Waals surface area contributed by atoms with E-state index in [2.05, 4.69) is 20.6 Å². The highest BCUT2D eigenvalue weighted by Crippen LogP contribution is 2.39. The molecule has 188 valence electrons. The number of ether oxygens (including phenoxy) is 1. The molecule has 0 aliphatic carbocycles. The number of methoxy groups -OCH3 is 1. The molecule has 0 spiro atoms. The van der Waals surface area contributed by atoms with Crippen molar-refractivity contribution in [3.8, 4) is 11.6 Å². The van der Waals surface area contributed by atoms with E-state index in [1.807, 2.05) is 76.3 Å². The Morgan fingerprint density at radius 2 is 1.95 bits per heavy atom. The summed E-state index contributed by atoms with van der Waals surface area (Å²) in [5.41, 5.74) is 2.44. The van der Waals surface area contributed by atoms with Crippen molar-refractivity contribution in [1.29, 1.82) is 0 Å². The summed E-state index contributed by atoms with van der Waals surface area (Å²) < 4.78 is 7.36. The molecule has 1 aliphatic heterocycles. The Hall–Kier alpha value is -3.95. The first-order valence-corrected chi connectivity index (χ1v) is 12.5. The van der Waals surface area contributed by atoms with Crippen LogP contribution in [0.3, 0.4) is 0 Å². The van der Waals surface area contributed by atoms with Gasteiger partial charge in [0.05, 0.1) is 35.6 Å². The van der Waals surface area contributed by atoms with Crippen molar-refractivity contribution in [2.75, 3.05) is 19.0 Å². The highest BCUT2D eigenvalue weighted by atomic mass is 35.5. The molecule has 4 aromatic rings. The summed E-state index contributed by atoms with van der Waals surface area (Å²) in [5.74, 6) is 1.20. The number of carbonyl (C=O) groups is 1. The van der Waals surface area contributed by atoms with Crippen LogP contribution in [0.1, 0.15) is 29.9 Å². The van der Waals surface area contributed by atoms with Crippen LogP contribution in [-0.2, 0) is 4.79 Å². The molecule has 8 nitrogen and oxygen atoms in total. The maximum atomic E-state index is 12.9. The number of nitrogens with zero attached hydrogens (tertiary/aromatic N) is 4. The van der Waals surface area contributed by atoms with Gasteiger partial charge in [0.15, 0.2) is 5.11 Å². The quantitative estimate of drug-likeness (QED) is 0.311. The van der Waals surface area contributed by atoms with Gasteiger partial charge in [-0.1, -0.05) is 29.8 Å². The van der Waals surface area contributed by atoms with Crippen molar-refractivity contribution < 1.29 is 9.53 Å². The lowest BCUT2D eigenvalue weighted by atomic mass is 10.0. The Morgan fingerprint density at radius 1 is 1.11 bits per heavy atom. The summed E-state index contributed by atoms with van der Waals surface area (Å²) in [6, 6.07) is 20.4. The summed E-state index contributed by atoms with van der Waals surface area (Å²) in [7, 11) is 1.58. The molecule has 0 radical (unpaired) electrons. The normalized spacial score (nSPS) is 16.9. The Kier molecular flexibility index (Phi) is 7.34. The van der Waals surface area contributed by atoms with Crippen molar-refractivity contribution in [2.24, 2.45) is 0 Å². The number of amides is 1. The lowest BCUT2D eigenvalue weighted by Crippen LogP contribution is -2.33. The first-order valence-electron chi connectivity index (χ1n) is 11.8. The van der Waals surface area contributed by atoms with Gasteiger partial charge in [0.2, 0.25) is 5.91 Å². The third-order valence-electron chi connectivity index (χ3n) is 6.20. The molecule has 4 heterocycles. The summed E-state index contributed by atoms with van der Waals surface area (Å²) in [5, 5.41) is 7.49. The second kappa shape index (κ2) is 11.0. The van der Waals surface area contributed by atoms with Crippen LogP contribution in [0, 0.1) is 0 Å². The topological polar surface area (TPSA) is 84.3 Å². The number of hydrogen-bond donors (Lipinski definition) is 2. The highest BCUT2D eigenvalue weighted by Gasteiger charge is 2.41. The Labute approximate surface area is 225 Å². The van der Waals surface area contributed by atoms with Gasteiger partial charge in [-0.3, -0.25) is 9.78 Å². The number of anilines is 1. The number of para-hydroxylation sites is 2. The van der Waals surface area contributed by atoms with Crippen molar-refractivity contribution in [2.45, 2.75) is 18.5 Å². The molecule has 1 fully saturated rings. The number of halogens is 1. The largest absolute Gasteiger partial charge is 0.495 e. The maximum absolute atomic E-state index is 12.9. The van der Waals surface area contributed by atoms with Crippen LogP contribution in [0.4, 0.5) is 5.69 Å². The third kappa shape index (κ3) is 5.28. The molecule has 0 saturated carbocycles. The lowest BCUT2D eigenvalue weighted by molar-refractivity contribution is -0.116. The predicted octanol–water partition coefficient (Wildman–Crippen LogP) is 4.93. The van der Waals surface area contributed by atoms with Gasteiger partial charge in [0, 0.05) is 37.3 Å². The van der Waals surface area contributed by atoms with Gasteiger partial charge in [-0.25, -0.2) is 4.98 Å². The zero-order valence-electron chi connectivity index (χ0n) is 20.0. The third-order valence-corrected chi connectivity index (χ3v) is 6.78. The lowest BCUT2D eigenvalue weighted by Gasteiger charge is -2.28. The molecule has 37 heavy (non-hydrogen) atoms. The number of benzene rings is 1. The second-order valence-corrected chi connectivity index (χ2v) is 9.28. The molecule has 1 aliphatic rings. The van der Waals surface area contributed by atoms with E-state index in [0.29, 0.717) is 28.1 Å². The van der Waals surface area contributed by atoms with Gasteiger partial charge in [-0.2, -0.15) is 0 Å². The van der Waals surface area contributed by atoms with Crippen LogP contribution >= 0.6 is 23.8 Å². The molecular formula is C27H25ClN6O2S. The SMILES string of the molecule is COc1ccccc1NC(=O)CCN1C(=S)N[C@@H](c2ccccn2)[C@@H]1c1cccn1-c1ccc(Cl)cn1. The summed E-state index contributed by atoms with van der Waals surface area (Å²) >= 11 is 11.8. The van der Waals surface area contributed by atoms with Gasteiger partial charge in [0.1, 0.15) is 11.6 Å². The van der Waals surface area contributed by atoms with Gasteiger partial charge >= 0.3 is 0 Å². The number of carbonyl (C=O) groups excluding carboxylic acids is 1. The van der Waals surface area contributed by atoms with Gasteiger partial charge in [-0.05, 0) is 60.7 Å². The van der Waals surface area contributed by atoms with E-state index in [1.165, 1.54) is 0 Å². The highest BCUT2D eigenvalue weighted by molar-refractivity contribution is 7.80. The Bertz CT molecular complexity index is 1400. The molecule has 10 heteroatoms. The molecule has 3 aromatic heterocycles. The minimum Gasteiger partial charge on any atom is -0.495 e. The molecular weight excluding hydrogens is 508 g/mol. The molecule has 2 N–H and O–H groups in total. The van der Waals surface area contributed by atoms with Crippen molar-refractivity contribution in [3.63, 3.8) is 0 Å². The van der Waals surface area contributed by atoms with Crippen LogP contribution in [0.2, 0.25) is 5.02 Å². The predicted molar refractivity (Wildman–Crippen MR) is 147 cm³/mol. The molecule has 5 rings (SSSR count). The molecule has 2 atom stereocenters. The Balaban J connectivity index is 1.43. The smallest absolute Gasteiger partial charge is 0.226 e. The average Bonchev–Trinajstić information content (AvgIpc) is 3.53. The minimum atomic E-state index is -0.228. The van der Waals surface area contributed by atoms with E-state index < -0.39 is 0 Å². The average molecular weight is 533 g/mol. The van der Waals surface area contributed by atoms with Crippen LogP contribution in [-0.4, -0.2) is 44.1 Å².